The molecule has 11 heteroatoms. The molecule has 1 aliphatic carbocycles. The van der Waals surface area contributed by atoms with Crippen LogP contribution in [0, 0.1) is 12.7 Å². The number of halogens is 1. The molecule has 1 aromatic carbocycles. The minimum absolute atomic E-state index is 0.0563. The maximum Gasteiger partial charge on any atom is 0.261 e. The van der Waals surface area contributed by atoms with Crippen molar-refractivity contribution in [3.05, 3.63) is 40.8 Å². The number of rotatable bonds is 10. The molecule has 0 unspecified atom stereocenters. The number of aryl methyl sites for hydroxylation is 1. The van der Waals surface area contributed by atoms with Gasteiger partial charge in [0.15, 0.2) is 0 Å². The fourth-order valence-corrected chi connectivity index (χ4v) is 5.94. The number of hydrogen-bond donors (Lipinski definition) is 2. The highest BCUT2D eigenvalue weighted by Gasteiger charge is 2.27. The van der Waals surface area contributed by atoms with Crippen LogP contribution in [0.5, 0.6) is 5.75 Å². The zero-order valence-electron chi connectivity index (χ0n) is 23.2. The second-order valence-electron chi connectivity index (χ2n) is 10.3. The Morgan fingerprint density at radius 3 is 2.59 bits per heavy atom. The monoisotopic (exact) mass is 556 g/mol. The van der Waals surface area contributed by atoms with Crippen molar-refractivity contribution in [3.63, 3.8) is 0 Å². The molecule has 2 N–H and O–H groups in total. The molecule has 2 heterocycles. The first-order valence-electron chi connectivity index (χ1n) is 13.3. The molecule has 0 aliphatic heterocycles. The van der Waals surface area contributed by atoms with E-state index >= 15 is 0 Å². The number of carbonyl (C=O) groups is 2. The van der Waals surface area contributed by atoms with Gasteiger partial charge in [-0.3, -0.25) is 9.59 Å². The van der Waals surface area contributed by atoms with E-state index in [1.807, 2.05) is 28.1 Å². The topological polar surface area (TPSA) is 99.7 Å². The van der Waals surface area contributed by atoms with E-state index in [1.165, 1.54) is 29.8 Å². The smallest absolute Gasteiger partial charge is 0.261 e. The van der Waals surface area contributed by atoms with Gasteiger partial charge < -0.3 is 25.2 Å². The van der Waals surface area contributed by atoms with Gasteiger partial charge in [-0.25, -0.2) is 14.4 Å². The van der Waals surface area contributed by atoms with Gasteiger partial charge >= 0.3 is 0 Å². The highest BCUT2D eigenvalue weighted by atomic mass is 32.1. The van der Waals surface area contributed by atoms with Crippen LogP contribution in [0.15, 0.2) is 24.5 Å². The third-order valence-electron chi connectivity index (χ3n) is 7.18. The van der Waals surface area contributed by atoms with Crippen molar-refractivity contribution in [2.45, 2.75) is 58.1 Å². The van der Waals surface area contributed by atoms with E-state index in [9.17, 15) is 14.0 Å². The number of thiophene rings is 1. The first kappa shape index (κ1) is 28.7. The number of nitrogens with zero attached hydrogens (tertiary/aromatic N) is 4. The van der Waals surface area contributed by atoms with Crippen LogP contribution >= 0.6 is 11.3 Å². The van der Waals surface area contributed by atoms with Crippen LogP contribution in [0.2, 0.25) is 0 Å². The summed E-state index contributed by atoms with van der Waals surface area (Å²) in [5, 5.41) is 7.05. The average Bonchev–Trinajstić information content (AvgIpc) is 3.25. The summed E-state index contributed by atoms with van der Waals surface area (Å²) < 4.78 is 20.5. The summed E-state index contributed by atoms with van der Waals surface area (Å²) in [5.74, 6) is 0.465. The number of anilines is 2. The van der Waals surface area contributed by atoms with Gasteiger partial charge in [0.1, 0.15) is 28.5 Å². The van der Waals surface area contributed by atoms with Crippen molar-refractivity contribution in [1.29, 1.82) is 0 Å². The standard InChI is InChI=1S/C28H37FN6O3S/c1-17-24-26(31-16-32-28(24)39-25(17)27(37)30-13-6-14-34(3)4)33-22-12-7-19(29)15-23(22)38-21-10-8-20(9-11-21)35(5)18(2)36/h7,12,15-16,20-21H,6,8-11,13-14H2,1-5H3,(H,30,37)(H,31,32,33). The lowest BCUT2D eigenvalue weighted by molar-refractivity contribution is -0.130. The second kappa shape index (κ2) is 12.7. The Labute approximate surface area is 232 Å². The van der Waals surface area contributed by atoms with Crippen LogP contribution in [0.25, 0.3) is 10.2 Å². The molecule has 1 aliphatic rings. The predicted octanol–water partition coefficient (Wildman–Crippen LogP) is 4.73. The summed E-state index contributed by atoms with van der Waals surface area (Å²) >= 11 is 1.33. The van der Waals surface area contributed by atoms with Gasteiger partial charge in [0.2, 0.25) is 5.91 Å². The summed E-state index contributed by atoms with van der Waals surface area (Å²) in [6.45, 7) is 4.95. The zero-order chi connectivity index (χ0) is 28.1. The quantitative estimate of drug-likeness (QED) is 0.348. The maximum absolute atomic E-state index is 14.3. The van der Waals surface area contributed by atoms with Crippen molar-refractivity contribution in [1.82, 2.24) is 25.1 Å². The van der Waals surface area contributed by atoms with Crippen LogP contribution in [0.4, 0.5) is 15.9 Å². The first-order chi connectivity index (χ1) is 18.6. The number of aromatic nitrogens is 2. The lowest BCUT2D eigenvalue weighted by Crippen LogP contribution is -2.40. The lowest BCUT2D eigenvalue weighted by Gasteiger charge is -2.34. The molecule has 2 amide bonds. The van der Waals surface area contributed by atoms with Gasteiger partial charge in [0.05, 0.1) is 22.1 Å². The molecule has 2 aromatic heterocycles. The van der Waals surface area contributed by atoms with Crippen molar-refractivity contribution >= 4 is 44.9 Å². The number of carbonyl (C=O) groups excluding carboxylic acids is 2. The second-order valence-corrected chi connectivity index (χ2v) is 11.3. The molecule has 39 heavy (non-hydrogen) atoms. The summed E-state index contributed by atoms with van der Waals surface area (Å²) in [6, 6.07) is 4.58. The molecule has 0 atom stereocenters. The Hall–Kier alpha value is -3.31. The van der Waals surface area contributed by atoms with Crippen molar-refractivity contribution in [3.8, 4) is 5.75 Å². The largest absolute Gasteiger partial charge is 0.488 e. The molecule has 4 rings (SSSR count). The number of amides is 2. The number of ether oxygens (including phenoxy) is 1. The first-order valence-corrected chi connectivity index (χ1v) is 14.1. The highest BCUT2D eigenvalue weighted by Crippen LogP contribution is 2.37. The van der Waals surface area contributed by atoms with E-state index < -0.39 is 5.82 Å². The number of fused-ring (bicyclic) bond motifs is 1. The van der Waals surface area contributed by atoms with Gasteiger partial charge in [0, 0.05) is 32.6 Å². The molecule has 1 fully saturated rings. The Morgan fingerprint density at radius 1 is 1.15 bits per heavy atom. The normalized spacial score (nSPS) is 17.3. The Kier molecular flexibility index (Phi) is 9.34. The maximum atomic E-state index is 14.3. The van der Waals surface area contributed by atoms with E-state index in [1.54, 1.807) is 17.9 Å². The molecule has 3 aromatic rings. The summed E-state index contributed by atoms with van der Waals surface area (Å²) in [4.78, 5) is 38.6. The minimum Gasteiger partial charge on any atom is -0.488 e. The number of benzene rings is 1. The molecule has 0 radical (unpaired) electrons. The number of nitrogens with one attached hydrogen (secondary N) is 2. The van der Waals surface area contributed by atoms with Crippen molar-refractivity contribution in [2.24, 2.45) is 0 Å². The van der Waals surface area contributed by atoms with Crippen LogP contribution in [-0.2, 0) is 4.79 Å². The molecule has 0 spiro atoms. The van der Waals surface area contributed by atoms with E-state index in [0.717, 1.165) is 49.6 Å². The van der Waals surface area contributed by atoms with Crippen LogP contribution < -0.4 is 15.4 Å². The Morgan fingerprint density at radius 2 is 1.90 bits per heavy atom. The summed E-state index contributed by atoms with van der Waals surface area (Å²) in [7, 11) is 5.84. The van der Waals surface area contributed by atoms with Crippen molar-refractivity contribution < 1.29 is 18.7 Å². The fraction of sp³-hybridized carbons (Fsp3) is 0.500. The molecule has 1 saturated carbocycles. The number of hydrogen-bond acceptors (Lipinski definition) is 8. The molecule has 0 bridgehead atoms. The minimum atomic E-state index is -0.395. The van der Waals surface area contributed by atoms with E-state index in [0.29, 0.717) is 33.5 Å². The van der Waals surface area contributed by atoms with E-state index in [-0.39, 0.29) is 24.0 Å². The molecular weight excluding hydrogens is 519 g/mol. The van der Waals surface area contributed by atoms with Gasteiger partial charge in [-0.15, -0.1) is 11.3 Å². The summed E-state index contributed by atoms with van der Waals surface area (Å²) in [6.07, 6.45) is 5.44. The van der Waals surface area contributed by atoms with Crippen molar-refractivity contribution in [2.75, 3.05) is 39.5 Å². The Balaban J connectivity index is 1.50. The van der Waals surface area contributed by atoms with E-state index in [4.69, 9.17) is 4.74 Å². The third kappa shape index (κ3) is 7.02. The summed E-state index contributed by atoms with van der Waals surface area (Å²) in [5.41, 5.74) is 1.38. The molecular formula is C28H37FN6O3S. The SMILES string of the molecule is CC(=O)N(C)C1CCC(Oc2cc(F)ccc2Nc2ncnc3sc(C(=O)NCCCN(C)C)c(C)c23)CC1. The molecule has 9 nitrogen and oxygen atoms in total. The van der Waals surface area contributed by atoms with Gasteiger partial charge in [0.25, 0.3) is 5.91 Å². The van der Waals surface area contributed by atoms with Gasteiger partial charge in [-0.1, -0.05) is 0 Å². The zero-order valence-corrected chi connectivity index (χ0v) is 24.0. The van der Waals surface area contributed by atoms with Crippen LogP contribution in [-0.4, -0.2) is 78.0 Å². The molecule has 210 valence electrons. The third-order valence-corrected chi connectivity index (χ3v) is 8.38. The van der Waals surface area contributed by atoms with Crippen LogP contribution in [0.1, 0.15) is 54.3 Å². The van der Waals surface area contributed by atoms with E-state index in [2.05, 4.69) is 25.5 Å². The van der Waals surface area contributed by atoms with Crippen LogP contribution in [0.3, 0.4) is 0 Å². The van der Waals surface area contributed by atoms with Gasteiger partial charge in [-0.05, 0) is 77.4 Å². The average molecular weight is 557 g/mol. The lowest BCUT2D eigenvalue weighted by atomic mass is 9.92. The van der Waals surface area contributed by atoms with Gasteiger partial charge in [-0.2, -0.15) is 0 Å². The molecule has 0 saturated heterocycles. The Bertz CT molecular complexity index is 1320. The fourth-order valence-electron chi connectivity index (χ4n) is 4.87. The highest BCUT2D eigenvalue weighted by molar-refractivity contribution is 7.20. The predicted molar refractivity (Wildman–Crippen MR) is 152 cm³/mol.